The van der Waals surface area contributed by atoms with Gasteiger partial charge in [0.25, 0.3) is 0 Å². The van der Waals surface area contributed by atoms with Gasteiger partial charge >= 0.3 is 0 Å². The molecule has 0 saturated carbocycles. The smallest absolute Gasteiger partial charge is 0.101 e. The number of benzene rings is 1. The largest absolute Gasteiger partial charge is 0.376 e. The second-order valence-electron chi connectivity index (χ2n) is 4.93. The quantitative estimate of drug-likeness (QED) is 0.868. The highest BCUT2D eigenvalue weighted by Crippen LogP contribution is 2.27. The fourth-order valence-electron chi connectivity index (χ4n) is 1.81. The Bertz CT molecular complexity index is 643. The van der Waals surface area contributed by atoms with Gasteiger partial charge < -0.3 is 5.32 Å². The predicted molar refractivity (Wildman–Crippen MR) is 84.4 cm³/mol. The average molecular weight is 306 g/mol. The van der Waals surface area contributed by atoms with Gasteiger partial charge in [0, 0.05) is 16.3 Å². The first-order chi connectivity index (χ1) is 9.51. The highest BCUT2D eigenvalue weighted by Gasteiger charge is 2.13. The van der Waals surface area contributed by atoms with E-state index in [0.717, 1.165) is 16.4 Å². The van der Waals surface area contributed by atoms with Crippen LogP contribution in [0.25, 0.3) is 0 Å². The van der Waals surface area contributed by atoms with Gasteiger partial charge in [0.2, 0.25) is 0 Å². The maximum absolute atomic E-state index is 9.12. The minimum absolute atomic E-state index is 0.0318. The van der Waals surface area contributed by atoms with Gasteiger partial charge in [-0.1, -0.05) is 25.4 Å². The third kappa shape index (κ3) is 3.30. The summed E-state index contributed by atoms with van der Waals surface area (Å²) in [4.78, 5) is 4.62. The number of hydrogen-bond donors (Lipinski definition) is 1. The van der Waals surface area contributed by atoms with Crippen molar-refractivity contribution in [3.8, 4) is 6.07 Å². The Kier molecular flexibility index (Phi) is 4.64. The number of halogens is 1. The minimum Gasteiger partial charge on any atom is -0.376 e. The number of nitrogens with one attached hydrogen (secondary N) is 1. The molecule has 0 radical (unpaired) electrons. The molecule has 1 N–H and O–H groups in total. The Labute approximate surface area is 128 Å². The van der Waals surface area contributed by atoms with Crippen LogP contribution < -0.4 is 5.32 Å². The molecule has 0 aliphatic rings. The number of nitriles is 1. The molecule has 20 heavy (non-hydrogen) atoms. The first kappa shape index (κ1) is 14.8. The van der Waals surface area contributed by atoms with Crippen LogP contribution in [0.15, 0.2) is 23.6 Å². The molecule has 0 saturated heterocycles. The number of rotatable bonds is 4. The molecule has 0 fully saturated rings. The number of anilines is 1. The average Bonchev–Trinajstić information content (AvgIpc) is 2.89. The summed E-state index contributed by atoms with van der Waals surface area (Å²) in [6.07, 6.45) is 0. The van der Waals surface area contributed by atoms with E-state index in [-0.39, 0.29) is 6.04 Å². The van der Waals surface area contributed by atoms with Crippen LogP contribution in [0.5, 0.6) is 0 Å². The van der Waals surface area contributed by atoms with Crippen molar-refractivity contribution in [3.63, 3.8) is 0 Å². The van der Waals surface area contributed by atoms with Gasteiger partial charge in [0.05, 0.1) is 28.0 Å². The molecule has 2 aromatic rings. The van der Waals surface area contributed by atoms with Gasteiger partial charge in [-0.25, -0.2) is 4.98 Å². The van der Waals surface area contributed by atoms with Crippen molar-refractivity contribution >= 4 is 28.6 Å². The first-order valence-electron chi connectivity index (χ1n) is 6.42. The number of hydrogen-bond acceptors (Lipinski definition) is 4. The van der Waals surface area contributed by atoms with Gasteiger partial charge in [0.1, 0.15) is 6.07 Å². The monoisotopic (exact) mass is 305 g/mol. The van der Waals surface area contributed by atoms with Crippen LogP contribution >= 0.6 is 22.9 Å². The first-order valence-corrected chi connectivity index (χ1v) is 7.68. The fraction of sp³-hybridized carbons (Fsp3) is 0.333. The van der Waals surface area contributed by atoms with Crippen molar-refractivity contribution in [3.05, 3.63) is 44.9 Å². The van der Waals surface area contributed by atoms with Gasteiger partial charge in [-0.2, -0.15) is 5.26 Å². The second kappa shape index (κ2) is 6.25. The maximum atomic E-state index is 9.12. The molecule has 0 aliphatic carbocycles. The summed E-state index contributed by atoms with van der Waals surface area (Å²) in [6.45, 7) is 6.29. The summed E-state index contributed by atoms with van der Waals surface area (Å²) in [7, 11) is 0. The van der Waals surface area contributed by atoms with Crippen LogP contribution in [0.3, 0.4) is 0 Å². The summed E-state index contributed by atoms with van der Waals surface area (Å²) in [6, 6.07) is 7.40. The van der Waals surface area contributed by atoms with Gasteiger partial charge in [-0.3, -0.25) is 0 Å². The Morgan fingerprint density at radius 2 is 2.10 bits per heavy atom. The van der Waals surface area contributed by atoms with E-state index in [4.69, 9.17) is 16.9 Å². The van der Waals surface area contributed by atoms with E-state index in [2.05, 4.69) is 35.6 Å². The third-order valence-electron chi connectivity index (χ3n) is 2.95. The number of aromatic nitrogens is 1. The maximum Gasteiger partial charge on any atom is 0.101 e. The molecule has 1 unspecified atom stereocenters. The lowest BCUT2D eigenvalue weighted by Crippen LogP contribution is -2.08. The molecule has 0 amide bonds. The van der Waals surface area contributed by atoms with E-state index in [1.165, 1.54) is 0 Å². The normalized spacial score (nSPS) is 12.2. The van der Waals surface area contributed by atoms with E-state index in [9.17, 15) is 0 Å². The van der Waals surface area contributed by atoms with Crippen molar-refractivity contribution in [2.75, 3.05) is 5.32 Å². The predicted octanol–water partition coefficient (Wildman–Crippen LogP) is 4.96. The van der Waals surface area contributed by atoms with E-state index in [0.29, 0.717) is 16.5 Å². The lowest BCUT2D eigenvalue weighted by Gasteiger charge is -2.14. The van der Waals surface area contributed by atoms with Crippen LogP contribution in [0.1, 0.15) is 49.0 Å². The molecule has 3 nitrogen and oxygen atoms in total. The topological polar surface area (TPSA) is 48.7 Å². The second-order valence-corrected chi connectivity index (χ2v) is 6.26. The van der Waals surface area contributed by atoms with E-state index >= 15 is 0 Å². The summed E-state index contributed by atoms with van der Waals surface area (Å²) in [5.41, 5.74) is 2.31. The van der Waals surface area contributed by atoms with Crippen LogP contribution in [-0.2, 0) is 0 Å². The Balaban J connectivity index is 2.21. The molecule has 2 rings (SSSR count). The van der Waals surface area contributed by atoms with E-state index in [1.807, 2.05) is 6.92 Å². The molecule has 5 heteroatoms. The fourth-order valence-corrected chi connectivity index (χ4v) is 2.91. The molecule has 1 aromatic heterocycles. The van der Waals surface area contributed by atoms with E-state index < -0.39 is 0 Å². The van der Waals surface area contributed by atoms with Gasteiger partial charge in [-0.15, -0.1) is 11.3 Å². The molecule has 0 spiro atoms. The Hall–Kier alpha value is -1.57. The number of nitrogens with zero attached hydrogens (tertiary/aromatic N) is 2. The van der Waals surface area contributed by atoms with Crippen LogP contribution in [-0.4, -0.2) is 4.98 Å². The molecular weight excluding hydrogens is 290 g/mol. The standard InChI is InChI=1S/C15H16ClN3S/c1-9(2)15-19-14(8-20-15)10(3)18-13-6-12(16)5-4-11(13)7-17/h4-6,8-10,18H,1-3H3. The van der Waals surface area contributed by atoms with Crippen molar-refractivity contribution in [1.82, 2.24) is 4.98 Å². The zero-order chi connectivity index (χ0) is 14.7. The summed E-state index contributed by atoms with van der Waals surface area (Å²) >= 11 is 7.65. The molecule has 1 heterocycles. The highest BCUT2D eigenvalue weighted by molar-refractivity contribution is 7.09. The molecule has 104 valence electrons. The Morgan fingerprint density at radius 1 is 1.35 bits per heavy atom. The van der Waals surface area contributed by atoms with E-state index in [1.54, 1.807) is 29.5 Å². The molecule has 1 atom stereocenters. The van der Waals surface area contributed by atoms with Crippen molar-refractivity contribution < 1.29 is 0 Å². The van der Waals surface area contributed by atoms with Crippen molar-refractivity contribution in [2.24, 2.45) is 0 Å². The van der Waals surface area contributed by atoms with Crippen molar-refractivity contribution in [2.45, 2.75) is 32.7 Å². The number of thiazole rings is 1. The SMILES string of the molecule is CC(C)c1nc(C(C)Nc2cc(Cl)ccc2C#N)cs1. The zero-order valence-corrected chi connectivity index (χ0v) is 13.2. The van der Waals surface area contributed by atoms with Gasteiger partial charge in [-0.05, 0) is 25.1 Å². The van der Waals surface area contributed by atoms with Crippen LogP contribution in [0, 0.1) is 11.3 Å². The molecule has 0 bridgehead atoms. The van der Waals surface area contributed by atoms with Gasteiger partial charge in [0.15, 0.2) is 0 Å². The lowest BCUT2D eigenvalue weighted by atomic mass is 10.1. The molecule has 1 aromatic carbocycles. The van der Waals surface area contributed by atoms with Crippen molar-refractivity contribution in [1.29, 1.82) is 5.26 Å². The molecular formula is C15H16ClN3S. The highest BCUT2D eigenvalue weighted by atomic mass is 35.5. The van der Waals surface area contributed by atoms with Crippen LogP contribution in [0.4, 0.5) is 5.69 Å². The lowest BCUT2D eigenvalue weighted by molar-refractivity contribution is 0.801. The van der Waals surface area contributed by atoms with Crippen LogP contribution in [0.2, 0.25) is 5.02 Å². The zero-order valence-electron chi connectivity index (χ0n) is 11.6. The Morgan fingerprint density at radius 3 is 2.70 bits per heavy atom. The summed E-state index contributed by atoms with van der Waals surface area (Å²) < 4.78 is 0. The summed E-state index contributed by atoms with van der Waals surface area (Å²) in [5, 5.41) is 16.2. The minimum atomic E-state index is 0.0318. The summed E-state index contributed by atoms with van der Waals surface area (Å²) in [5.74, 6) is 0.432. The third-order valence-corrected chi connectivity index (χ3v) is 4.35. The molecule has 0 aliphatic heterocycles.